The number of esters is 1. The second kappa shape index (κ2) is 59.6. The molecule has 0 aromatic rings. The molecule has 0 saturated carbocycles. The second-order valence-corrected chi connectivity index (χ2v) is 21.4. The topological polar surface area (TPSA) is 95.9 Å². The molecular weight excluding hydrogens is 863 g/mol. The fourth-order valence-electron chi connectivity index (χ4n) is 9.61. The van der Waals surface area contributed by atoms with E-state index in [1.807, 2.05) is 0 Å². The zero-order chi connectivity index (χ0) is 50.7. The standard InChI is InChI=1S/C64H121NO5/c1-3-5-7-9-11-13-14-15-16-28-32-35-38-42-46-50-54-58-64(69)70-59-55-51-47-43-39-36-33-30-27-25-23-21-19-17-18-20-22-24-26-29-31-34-37-41-45-49-53-57-63(68)65-61(60-66)62(67)56-52-48-44-40-12-10-8-6-4-2/h15-18,21,23,61-62,66-67H,3-14,19-20,22,24-60H2,1-2H3,(H,65,68)/b16-15-,18-17-,23-21-. The Morgan fingerprint density at radius 2 is 0.714 bits per heavy atom. The highest BCUT2D eigenvalue weighted by Gasteiger charge is 2.20. The normalized spacial score (nSPS) is 12.8. The van der Waals surface area contributed by atoms with Crippen molar-refractivity contribution in [3.8, 4) is 0 Å². The van der Waals surface area contributed by atoms with E-state index in [1.54, 1.807) is 0 Å². The van der Waals surface area contributed by atoms with E-state index in [9.17, 15) is 19.8 Å². The number of hydrogen-bond acceptors (Lipinski definition) is 5. The maximum Gasteiger partial charge on any atom is 0.305 e. The molecule has 2 atom stereocenters. The number of rotatable bonds is 58. The Hall–Kier alpha value is -1.92. The van der Waals surface area contributed by atoms with Crippen molar-refractivity contribution in [3.63, 3.8) is 0 Å². The number of carbonyl (C=O) groups is 2. The van der Waals surface area contributed by atoms with E-state index in [2.05, 4.69) is 55.6 Å². The summed E-state index contributed by atoms with van der Waals surface area (Å²) in [5.41, 5.74) is 0. The molecule has 0 aromatic carbocycles. The molecule has 0 rings (SSSR count). The number of hydrogen-bond donors (Lipinski definition) is 3. The third-order valence-electron chi connectivity index (χ3n) is 14.4. The number of nitrogens with one attached hydrogen (secondary N) is 1. The Morgan fingerprint density at radius 1 is 0.400 bits per heavy atom. The first-order valence-electron chi connectivity index (χ1n) is 31.2. The van der Waals surface area contributed by atoms with Gasteiger partial charge in [0.1, 0.15) is 0 Å². The van der Waals surface area contributed by atoms with Gasteiger partial charge in [-0.15, -0.1) is 0 Å². The van der Waals surface area contributed by atoms with E-state index in [-0.39, 0.29) is 18.5 Å². The summed E-state index contributed by atoms with van der Waals surface area (Å²) in [6.07, 6.45) is 74.6. The third-order valence-corrected chi connectivity index (χ3v) is 14.4. The minimum absolute atomic E-state index is 0.00721. The van der Waals surface area contributed by atoms with Crippen molar-refractivity contribution in [2.45, 2.75) is 347 Å². The fraction of sp³-hybridized carbons (Fsp3) is 0.875. The van der Waals surface area contributed by atoms with Crippen LogP contribution in [0.4, 0.5) is 0 Å². The van der Waals surface area contributed by atoms with Crippen molar-refractivity contribution in [3.05, 3.63) is 36.5 Å². The Balaban J connectivity index is 3.38. The monoisotopic (exact) mass is 984 g/mol. The summed E-state index contributed by atoms with van der Waals surface area (Å²) in [5.74, 6) is -0.0330. The van der Waals surface area contributed by atoms with Gasteiger partial charge in [-0.2, -0.15) is 0 Å². The number of amides is 1. The number of carbonyl (C=O) groups excluding carboxylic acids is 2. The summed E-state index contributed by atoms with van der Waals surface area (Å²) in [6, 6.07) is -0.542. The molecule has 0 aromatic heterocycles. The van der Waals surface area contributed by atoms with Crippen molar-refractivity contribution in [1.29, 1.82) is 0 Å². The molecule has 0 radical (unpaired) electrons. The molecule has 1 amide bonds. The van der Waals surface area contributed by atoms with E-state index in [0.717, 1.165) is 51.4 Å². The van der Waals surface area contributed by atoms with Crippen LogP contribution in [0.5, 0.6) is 0 Å². The molecule has 0 aliphatic carbocycles. The highest BCUT2D eigenvalue weighted by atomic mass is 16.5. The van der Waals surface area contributed by atoms with Crippen LogP contribution in [0.3, 0.4) is 0 Å². The molecule has 0 saturated heterocycles. The van der Waals surface area contributed by atoms with Crippen LogP contribution < -0.4 is 5.32 Å². The average Bonchev–Trinajstić information content (AvgIpc) is 3.36. The lowest BCUT2D eigenvalue weighted by Crippen LogP contribution is -2.45. The van der Waals surface area contributed by atoms with Crippen LogP contribution in [0.15, 0.2) is 36.5 Å². The number of unbranched alkanes of at least 4 members (excludes halogenated alkanes) is 41. The van der Waals surface area contributed by atoms with Crippen molar-refractivity contribution in [2.75, 3.05) is 13.2 Å². The van der Waals surface area contributed by atoms with Gasteiger partial charge in [0.15, 0.2) is 0 Å². The number of aliphatic hydroxyl groups is 2. The summed E-state index contributed by atoms with van der Waals surface area (Å²) in [6.45, 7) is 4.93. The predicted octanol–water partition coefficient (Wildman–Crippen LogP) is 19.6. The highest BCUT2D eigenvalue weighted by molar-refractivity contribution is 5.76. The van der Waals surface area contributed by atoms with Crippen LogP contribution in [0.1, 0.15) is 335 Å². The number of ether oxygens (including phenoxy) is 1. The average molecular weight is 985 g/mol. The highest BCUT2D eigenvalue weighted by Crippen LogP contribution is 2.17. The van der Waals surface area contributed by atoms with Crippen LogP contribution in [0, 0.1) is 0 Å². The van der Waals surface area contributed by atoms with Crippen LogP contribution in [0.2, 0.25) is 0 Å². The van der Waals surface area contributed by atoms with Crippen molar-refractivity contribution in [2.24, 2.45) is 0 Å². The Morgan fingerprint density at radius 3 is 1.10 bits per heavy atom. The molecule has 6 heteroatoms. The summed E-state index contributed by atoms with van der Waals surface area (Å²) in [4.78, 5) is 24.5. The quantitative estimate of drug-likeness (QED) is 0.0321. The van der Waals surface area contributed by atoms with Gasteiger partial charge in [0.25, 0.3) is 0 Å². The molecule has 0 aliphatic rings. The van der Waals surface area contributed by atoms with Gasteiger partial charge in [0.2, 0.25) is 5.91 Å². The van der Waals surface area contributed by atoms with Gasteiger partial charge in [-0.25, -0.2) is 0 Å². The molecule has 6 nitrogen and oxygen atoms in total. The maximum atomic E-state index is 12.4. The summed E-state index contributed by atoms with van der Waals surface area (Å²) in [5, 5.41) is 23.1. The van der Waals surface area contributed by atoms with Crippen molar-refractivity contribution < 1.29 is 24.5 Å². The Bertz CT molecular complexity index is 1130. The molecule has 0 spiro atoms. The molecule has 0 aliphatic heterocycles. The molecule has 0 heterocycles. The lowest BCUT2D eigenvalue weighted by Gasteiger charge is -2.22. The molecule has 2 unspecified atom stereocenters. The molecule has 3 N–H and O–H groups in total. The number of aliphatic hydroxyl groups excluding tert-OH is 2. The summed E-state index contributed by atoms with van der Waals surface area (Å²) < 4.78 is 5.49. The van der Waals surface area contributed by atoms with Crippen molar-refractivity contribution >= 4 is 11.9 Å². The zero-order valence-electron chi connectivity index (χ0n) is 47.0. The smallest absolute Gasteiger partial charge is 0.305 e. The van der Waals surface area contributed by atoms with Crippen molar-refractivity contribution in [1.82, 2.24) is 5.32 Å². The molecule has 0 fully saturated rings. The lowest BCUT2D eigenvalue weighted by atomic mass is 10.0. The predicted molar refractivity (Wildman–Crippen MR) is 306 cm³/mol. The molecular formula is C64H121NO5. The van der Waals surface area contributed by atoms with E-state index < -0.39 is 12.1 Å². The van der Waals surface area contributed by atoms with Gasteiger partial charge >= 0.3 is 5.97 Å². The van der Waals surface area contributed by atoms with Crippen LogP contribution in [0.25, 0.3) is 0 Å². The Kier molecular flexibility index (Phi) is 58.0. The SMILES string of the molecule is CCCCCCCC/C=C\CCCCCCCCCC(=O)OCCCCCCCCCCC/C=C\C/C=C\CCCCCCCCCCCCCC(=O)NC(CO)C(O)CCCCCCCCCCC. The van der Waals surface area contributed by atoms with E-state index in [1.165, 1.54) is 250 Å². The maximum absolute atomic E-state index is 12.4. The third kappa shape index (κ3) is 55.4. The van der Waals surface area contributed by atoms with E-state index in [4.69, 9.17) is 4.74 Å². The van der Waals surface area contributed by atoms with Crippen LogP contribution in [-0.4, -0.2) is 47.4 Å². The van der Waals surface area contributed by atoms with Gasteiger partial charge in [-0.3, -0.25) is 9.59 Å². The largest absolute Gasteiger partial charge is 0.466 e. The number of allylic oxidation sites excluding steroid dienone is 6. The van der Waals surface area contributed by atoms with E-state index >= 15 is 0 Å². The van der Waals surface area contributed by atoms with E-state index in [0.29, 0.717) is 25.9 Å². The minimum atomic E-state index is -0.664. The van der Waals surface area contributed by atoms with Gasteiger partial charge in [0.05, 0.1) is 25.4 Å². The van der Waals surface area contributed by atoms with Crippen LogP contribution in [-0.2, 0) is 14.3 Å². The second-order valence-electron chi connectivity index (χ2n) is 21.4. The first-order valence-corrected chi connectivity index (χ1v) is 31.2. The van der Waals surface area contributed by atoms with Gasteiger partial charge in [0, 0.05) is 12.8 Å². The fourth-order valence-corrected chi connectivity index (χ4v) is 9.61. The summed E-state index contributed by atoms with van der Waals surface area (Å²) in [7, 11) is 0. The summed E-state index contributed by atoms with van der Waals surface area (Å²) >= 11 is 0. The van der Waals surface area contributed by atoms with Crippen LogP contribution >= 0.6 is 0 Å². The molecule has 412 valence electrons. The van der Waals surface area contributed by atoms with Gasteiger partial charge < -0.3 is 20.3 Å². The Labute approximate surface area is 436 Å². The first kappa shape index (κ1) is 68.1. The zero-order valence-corrected chi connectivity index (χ0v) is 47.0. The minimum Gasteiger partial charge on any atom is -0.466 e. The lowest BCUT2D eigenvalue weighted by molar-refractivity contribution is -0.143. The van der Waals surface area contributed by atoms with Gasteiger partial charge in [-0.05, 0) is 83.5 Å². The van der Waals surface area contributed by atoms with Gasteiger partial charge in [-0.1, -0.05) is 275 Å². The molecule has 70 heavy (non-hydrogen) atoms. The molecule has 0 bridgehead atoms. The first-order chi connectivity index (χ1) is 34.5.